The predicted molar refractivity (Wildman–Crippen MR) is 86.6 cm³/mol. The van der Waals surface area contributed by atoms with Gasteiger partial charge in [0.15, 0.2) is 17.3 Å². The number of rotatable bonds is 4. The molecule has 0 atom stereocenters. The molecule has 0 spiro atoms. The summed E-state index contributed by atoms with van der Waals surface area (Å²) in [4.78, 5) is 35.9. The molecule has 0 aliphatic rings. The molecule has 0 saturated carbocycles. The summed E-state index contributed by atoms with van der Waals surface area (Å²) in [5, 5.41) is 19.4. The molecule has 0 bridgehead atoms. The fraction of sp³-hybridized carbons (Fsp3) is 0.188. The summed E-state index contributed by atoms with van der Waals surface area (Å²) in [7, 11) is 3.86. The van der Waals surface area contributed by atoms with Crippen molar-refractivity contribution in [3.05, 3.63) is 56.2 Å². The Morgan fingerprint density at radius 3 is 2.46 bits per heavy atom. The minimum atomic E-state index is -0.881. The van der Waals surface area contributed by atoms with Crippen LogP contribution >= 0.6 is 0 Å². The average molecular weight is 332 g/mol. The molecule has 1 heterocycles. The minimum absolute atomic E-state index is 0.0504. The summed E-state index contributed by atoms with van der Waals surface area (Å²) in [6, 6.07) is 4.43. The van der Waals surface area contributed by atoms with Crippen LogP contribution in [0.3, 0.4) is 0 Å². The van der Waals surface area contributed by atoms with Crippen molar-refractivity contribution in [2.75, 3.05) is 7.11 Å². The largest absolute Gasteiger partial charge is 0.504 e. The molecular weight excluding hydrogens is 316 g/mol. The van der Waals surface area contributed by atoms with Crippen LogP contribution in [0.4, 0.5) is 0 Å². The molecule has 8 heteroatoms. The van der Waals surface area contributed by atoms with E-state index in [1.54, 1.807) is 6.07 Å². The van der Waals surface area contributed by atoms with Crippen molar-refractivity contribution in [2.24, 2.45) is 14.1 Å². The van der Waals surface area contributed by atoms with Crippen LogP contribution in [0.2, 0.25) is 0 Å². The van der Waals surface area contributed by atoms with Crippen molar-refractivity contribution >= 4 is 11.9 Å². The molecule has 1 aromatic carbocycles. The number of phenolic OH excluding ortho intramolecular Hbond substituents is 1. The first-order chi connectivity index (χ1) is 11.3. The summed E-state index contributed by atoms with van der Waals surface area (Å²) in [5.41, 5.74) is -1.57. The predicted octanol–water partition coefficient (Wildman–Crippen LogP) is 0.400. The van der Waals surface area contributed by atoms with Gasteiger partial charge in [-0.15, -0.1) is 0 Å². The smallest absolute Gasteiger partial charge is 0.333 e. The average Bonchev–Trinajstić information content (AvgIpc) is 2.57. The Morgan fingerprint density at radius 1 is 1.17 bits per heavy atom. The van der Waals surface area contributed by atoms with Gasteiger partial charge in [-0.05, 0) is 23.8 Å². The van der Waals surface area contributed by atoms with E-state index in [0.717, 1.165) is 15.2 Å². The third-order valence-corrected chi connectivity index (χ3v) is 3.51. The van der Waals surface area contributed by atoms with E-state index in [0.29, 0.717) is 5.56 Å². The summed E-state index contributed by atoms with van der Waals surface area (Å²) in [6.45, 7) is 0. The van der Waals surface area contributed by atoms with E-state index in [9.17, 15) is 24.6 Å². The zero-order chi connectivity index (χ0) is 18.0. The lowest BCUT2D eigenvalue weighted by Crippen LogP contribution is -2.39. The molecule has 0 aliphatic heterocycles. The van der Waals surface area contributed by atoms with E-state index >= 15 is 0 Å². The number of aromatic nitrogens is 2. The lowest BCUT2D eigenvalue weighted by molar-refractivity contribution is 0.104. The fourth-order valence-electron chi connectivity index (χ4n) is 2.10. The van der Waals surface area contributed by atoms with Crippen LogP contribution in [0.25, 0.3) is 6.08 Å². The van der Waals surface area contributed by atoms with Gasteiger partial charge >= 0.3 is 5.69 Å². The number of hydrogen-bond acceptors (Lipinski definition) is 6. The first-order valence-corrected chi connectivity index (χ1v) is 6.86. The van der Waals surface area contributed by atoms with Crippen molar-refractivity contribution in [1.82, 2.24) is 9.13 Å². The first-order valence-electron chi connectivity index (χ1n) is 6.86. The van der Waals surface area contributed by atoms with E-state index in [-0.39, 0.29) is 11.5 Å². The Hall–Kier alpha value is -3.29. The van der Waals surface area contributed by atoms with Crippen LogP contribution in [0.5, 0.6) is 17.4 Å². The maximum atomic E-state index is 12.2. The highest BCUT2D eigenvalue weighted by molar-refractivity contribution is 6.08. The molecular formula is C16H16N2O6. The van der Waals surface area contributed by atoms with E-state index < -0.39 is 28.5 Å². The van der Waals surface area contributed by atoms with Gasteiger partial charge in [0.1, 0.15) is 5.56 Å². The van der Waals surface area contributed by atoms with Crippen molar-refractivity contribution in [3.8, 4) is 17.4 Å². The number of methoxy groups -OCH3 is 1. The van der Waals surface area contributed by atoms with Crippen LogP contribution in [0, 0.1) is 0 Å². The zero-order valence-electron chi connectivity index (χ0n) is 13.3. The molecule has 0 unspecified atom stereocenters. The molecule has 0 aliphatic carbocycles. The van der Waals surface area contributed by atoms with Gasteiger partial charge < -0.3 is 14.9 Å². The molecule has 2 rings (SSSR count). The van der Waals surface area contributed by atoms with Crippen LogP contribution in [-0.4, -0.2) is 32.2 Å². The second kappa shape index (κ2) is 6.45. The quantitative estimate of drug-likeness (QED) is 0.619. The number of hydrogen-bond donors (Lipinski definition) is 2. The molecule has 2 aromatic rings. The van der Waals surface area contributed by atoms with Crippen LogP contribution in [-0.2, 0) is 14.1 Å². The summed E-state index contributed by atoms with van der Waals surface area (Å²) in [6.07, 6.45) is 2.49. The van der Waals surface area contributed by atoms with Gasteiger partial charge in [-0.1, -0.05) is 12.1 Å². The number of aromatic hydroxyl groups is 2. The SMILES string of the molecule is COc1cc(C=CC(=O)c2c(O)n(C)c(=O)n(C)c2=O)ccc1O. The molecule has 0 saturated heterocycles. The number of ketones is 1. The van der Waals surface area contributed by atoms with Crippen molar-refractivity contribution in [3.63, 3.8) is 0 Å². The maximum absolute atomic E-state index is 12.2. The van der Waals surface area contributed by atoms with Gasteiger partial charge in [-0.25, -0.2) is 4.79 Å². The number of carbonyl (C=O) groups is 1. The topological polar surface area (TPSA) is 111 Å². The molecule has 8 nitrogen and oxygen atoms in total. The summed E-state index contributed by atoms with van der Waals surface area (Å²) in [5.74, 6) is -1.27. The Kier molecular flexibility index (Phi) is 4.59. The molecule has 24 heavy (non-hydrogen) atoms. The lowest BCUT2D eigenvalue weighted by atomic mass is 10.1. The highest BCUT2D eigenvalue weighted by Crippen LogP contribution is 2.26. The fourth-order valence-corrected chi connectivity index (χ4v) is 2.10. The highest BCUT2D eigenvalue weighted by Gasteiger charge is 2.19. The highest BCUT2D eigenvalue weighted by atomic mass is 16.5. The first kappa shape index (κ1) is 17.1. The van der Waals surface area contributed by atoms with Crippen LogP contribution in [0.15, 0.2) is 33.9 Å². The number of phenols is 1. The molecule has 2 N–H and O–H groups in total. The van der Waals surface area contributed by atoms with Gasteiger partial charge in [0, 0.05) is 14.1 Å². The minimum Gasteiger partial charge on any atom is -0.504 e. The van der Waals surface area contributed by atoms with E-state index in [1.807, 2.05) is 0 Å². The standard InChI is InChI=1S/C16H16N2O6/c1-17-14(21)13(15(22)18(2)16(17)23)11(20)7-5-9-4-6-10(19)12(8-9)24-3/h4-8,19,21H,1-3H3. The lowest BCUT2D eigenvalue weighted by Gasteiger charge is -2.08. The second-order valence-corrected chi connectivity index (χ2v) is 5.03. The third kappa shape index (κ3) is 2.94. The van der Waals surface area contributed by atoms with E-state index in [2.05, 4.69) is 0 Å². The Labute approximate surface area is 136 Å². The monoisotopic (exact) mass is 332 g/mol. The van der Waals surface area contributed by atoms with E-state index in [4.69, 9.17) is 4.74 Å². The van der Waals surface area contributed by atoms with Gasteiger partial charge in [-0.3, -0.25) is 18.7 Å². The third-order valence-electron chi connectivity index (χ3n) is 3.51. The number of benzene rings is 1. The number of carbonyl (C=O) groups excluding carboxylic acids is 1. The van der Waals surface area contributed by atoms with Crippen molar-refractivity contribution < 1.29 is 19.7 Å². The van der Waals surface area contributed by atoms with Crippen molar-refractivity contribution in [2.45, 2.75) is 0 Å². The van der Waals surface area contributed by atoms with Gasteiger partial charge in [0.25, 0.3) is 5.56 Å². The number of allylic oxidation sites excluding steroid dienone is 1. The molecule has 0 fully saturated rings. The molecule has 126 valence electrons. The Bertz CT molecular complexity index is 952. The summed E-state index contributed by atoms with van der Waals surface area (Å²) >= 11 is 0. The number of nitrogens with zero attached hydrogens (tertiary/aromatic N) is 2. The second-order valence-electron chi connectivity index (χ2n) is 5.03. The molecule has 0 radical (unpaired) electrons. The number of ether oxygens (including phenoxy) is 1. The van der Waals surface area contributed by atoms with Crippen LogP contribution < -0.4 is 16.0 Å². The van der Waals surface area contributed by atoms with Gasteiger partial charge in [0.2, 0.25) is 5.88 Å². The van der Waals surface area contributed by atoms with E-state index in [1.165, 1.54) is 39.4 Å². The molecule has 0 amide bonds. The summed E-state index contributed by atoms with van der Waals surface area (Å²) < 4.78 is 6.51. The van der Waals surface area contributed by atoms with Gasteiger partial charge in [0.05, 0.1) is 7.11 Å². The van der Waals surface area contributed by atoms with Gasteiger partial charge in [-0.2, -0.15) is 0 Å². The van der Waals surface area contributed by atoms with Crippen LogP contribution in [0.1, 0.15) is 15.9 Å². The Balaban J connectivity index is 2.45. The maximum Gasteiger partial charge on any atom is 0.333 e. The normalized spacial score (nSPS) is 11.0. The molecule has 1 aromatic heterocycles. The Morgan fingerprint density at radius 2 is 1.83 bits per heavy atom. The van der Waals surface area contributed by atoms with Crippen molar-refractivity contribution in [1.29, 1.82) is 0 Å². The zero-order valence-corrected chi connectivity index (χ0v) is 13.3.